The molecular weight excluding hydrogens is 374 g/mol. The molecule has 0 fully saturated rings. The predicted molar refractivity (Wildman–Crippen MR) is 123 cm³/mol. The SMILES string of the molecule is CC1(C)c2ccccc2-c2ccc3c4ccc(Cl)cc4n(-c4ccccc4)c3c21. The van der Waals surface area contributed by atoms with Crippen LogP contribution in [-0.4, -0.2) is 4.57 Å². The van der Waals surface area contributed by atoms with Gasteiger partial charge in [-0.25, -0.2) is 0 Å². The van der Waals surface area contributed by atoms with Crippen molar-refractivity contribution in [1.82, 2.24) is 4.57 Å². The highest BCUT2D eigenvalue weighted by molar-refractivity contribution is 6.31. The van der Waals surface area contributed by atoms with Crippen molar-refractivity contribution in [2.24, 2.45) is 0 Å². The van der Waals surface area contributed by atoms with Crippen LogP contribution in [0.4, 0.5) is 0 Å². The molecule has 0 spiro atoms. The lowest BCUT2D eigenvalue weighted by Gasteiger charge is -2.23. The fourth-order valence-corrected chi connectivity index (χ4v) is 5.35. The van der Waals surface area contributed by atoms with Crippen LogP contribution in [0.5, 0.6) is 0 Å². The van der Waals surface area contributed by atoms with Crippen LogP contribution in [-0.2, 0) is 5.41 Å². The molecule has 0 aliphatic heterocycles. The first kappa shape index (κ1) is 16.9. The first-order chi connectivity index (χ1) is 14.1. The molecule has 0 unspecified atom stereocenters. The highest BCUT2D eigenvalue weighted by Crippen LogP contribution is 2.52. The average molecular weight is 394 g/mol. The quantitative estimate of drug-likeness (QED) is 0.274. The summed E-state index contributed by atoms with van der Waals surface area (Å²) in [6.45, 7) is 4.69. The zero-order chi connectivity index (χ0) is 19.8. The van der Waals surface area contributed by atoms with Crippen LogP contribution in [0.2, 0.25) is 5.02 Å². The van der Waals surface area contributed by atoms with Crippen molar-refractivity contribution in [2.75, 3.05) is 0 Å². The van der Waals surface area contributed by atoms with E-state index in [-0.39, 0.29) is 5.41 Å². The number of benzene rings is 4. The van der Waals surface area contributed by atoms with Crippen molar-refractivity contribution in [2.45, 2.75) is 19.3 Å². The normalized spacial score (nSPS) is 14.3. The van der Waals surface area contributed by atoms with E-state index >= 15 is 0 Å². The predicted octanol–water partition coefficient (Wildman–Crippen LogP) is 7.74. The van der Waals surface area contributed by atoms with Crippen LogP contribution in [0.3, 0.4) is 0 Å². The zero-order valence-corrected chi connectivity index (χ0v) is 17.2. The van der Waals surface area contributed by atoms with Gasteiger partial charge in [0, 0.05) is 26.9 Å². The molecule has 29 heavy (non-hydrogen) atoms. The van der Waals surface area contributed by atoms with Crippen LogP contribution >= 0.6 is 11.6 Å². The van der Waals surface area contributed by atoms with Crippen molar-refractivity contribution in [3.63, 3.8) is 0 Å². The molecule has 0 bridgehead atoms. The monoisotopic (exact) mass is 393 g/mol. The minimum atomic E-state index is -0.0733. The summed E-state index contributed by atoms with van der Waals surface area (Å²) in [5.41, 5.74) is 9.00. The van der Waals surface area contributed by atoms with Gasteiger partial charge in [-0.15, -0.1) is 0 Å². The Bertz CT molecular complexity index is 1420. The number of para-hydroxylation sites is 1. The summed E-state index contributed by atoms with van der Waals surface area (Å²) in [5.74, 6) is 0. The molecule has 0 N–H and O–H groups in total. The molecule has 1 aromatic heterocycles. The number of hydrogen-bond acceptors (Lipinski definition) is 0. The van der Waals surface area contributed by atoms with Gasteiger partial charge in [0.25, 0.3) is 0 Å². The van der Waals surface area contributed by atoms with Crippen molar-refractivity contribution in [1.29, 1.82) is 0 Å². The van der Waals surface area contributed by atoms with Crippen LogP contribution in [0, 0.1) is 0 Å². The smallest absolute Gasteiger partial charge is 0.0588 e. The van der Waals surface area contributed by atoms with Gasteiger partial charge in [-0.05, 0) is 46.5 Å². The van der Waals surface area contributed by atoms with E-state index in [9.17, 15) is 0 Å². The molecule has 1 nitrogen and oxygen atoms in total. The van der Waals surface area contributed by atoms with E-state index in [1.807, 2.05) is 6.07 Å². The van der Waals surface area contributed by atoms with Gasteiger partial charge < -0.3 is 4.57 Å². The van der Waals surface area contributed by atoms with Crippen LogP contribution in [0.15, 0.2) is 84.9 Å². The van der Waals surface area contributed by atoms with Crippen LogP contribution in [0.25, 0.3) is 38.6 Å². The summed E-state index contributed by atoms with van der Waals surface area (Å²) in [6, 6.07) is 30.2. The van der Waals surface area contributed by atoms with Gasteiger partial charge in [0.2, 0.25) is 0 Å². The fourth-order valence-electron chi connectivity index (χ4n) is 5.18. The summed E-state index contributed by atoms with van der Waals surface area (Å²) < 4.78 is 2.39. The lowest BCUT2D eigenvalue weighted by molar-refractivity contribution is 0.664. The van der Waals surface area contributed by atoms with Gasteiger partial charge in [0.05, 0.1) is 11.0 Å². The Morgan fingerprint density at radius 2 is 1.45 bits per heavy atom. The second-order valence-electron chi connectivity index (χ2n) is 8.39. The van der Waals surface area contributed by atoms with Gasteiger partial charge in [-0.2, -0.15) is 0 Å². The van der Waals surface area contributed by atoms with E-state index in [1.54, 1.807) is 0 Å². The van der Waals surface area contributed by atoms with Gasteiger partial charge >= 0.3 is 0 Å². The third-order valence-electron chi connectivity index (χ3n) is 6.42. The maximum Gasteiger partial charge on any atom is 0.0588 e. The van der Waals surface area contributed by atoms with Crippen molar-refractivity contribution >= 4 is 33.4 Å². The van der Waals surface area contributed by atoms with E-state index in [4.69, 9.17) is 11.6 Å². The molecule has 1 aliphatic rings. The minimum absolute atomic E-state index is 0.0733. The summed E-state index contributed by atoms with van der Waals surface area (Å²) in [5, 5.41) is 3.28. The Morgan fingerprint density at radius 1 is 0.724 bits per heavy atom. The van der Waals surface area contributed by atoms with E-state index < -0.39 is 0 Å². The molecular formula is C27H20ClN. The summed E-state index contributed by atoms with van der Waals surface area (Å²) >= 11 is 6.44. The molecule has 5 aromatic rings. The summed E-state index contributed by atoms with van der Waals surface area (Å²) in [7, 11) is 0. The highest BCUT2D eigenvalue weighted by Gasteiger charge is 2.38. The van der Waals surface area contributed by atoms with Gasteiger partial charge in [-0.1, -0.05) is 86.1 Å². The molecule has 4 aromatic carbocycles. The fraction of sp³-hybridized carbons (Fsp3) is 0.111. The van der Waals surface area contributed by atoms with Gasteiger partial charge in [-0.3, -0.25) is 0 Å². The van der Waals surface area contributed by atoms with E-state index in [1.165, 1.54) is 38.5 Å². The second kappa shape index (κ2) is 5.75. The number of aromatic nitrogens is 1. The Kier molecular flexibility index (Phi) is 3.34. The van der Waals surface area contributed by atoms with Gasteiger partial charge in [0.15, 0.2) is 0 Å². The molecule has 2 heteroatoms. The topological polar surface area (TPSA) is 4.93 Å². The van der Waals surface area contributed by atoms with Gasteiger partial charge in [0.1, 0.15) is 0 Å². The number of fused-ring (bicyclic) bond motifs is 7. The number of hydrogen-bond donors (Lipinski definition) is 0. The Hall–Kier alpha value is -3.03. The van der Waals surface area contributed by atoms with Crippen molar-refractivity contribution in [3.8, 4) is 16.8 Å². The molecule has 0 atom stereocenters. The first-order valence-electron chi connectivity index (χ1n) is 10.00. The largest absolute Gasteiger partial charge is 0.309 e. The number of rotatable bonds is 1. The second-order valence-corrected chi connectivity index (χ2v) is 8.82. The maximum absolute atomic E-state index is 6.44. The first-order valence-corrected chi connectivity index (χ1v) is 10.4. The lowest BCUT2D eigenvalue weighted by atomic mass is 9.81. The molecule has 140 valence electrons. The Labute approximate surface area is 175 Å². The van der Waals surface area contributed by atoms with Crippen LogP contribution in [0.1, 0.15) is 25.0 Å². The Morgan fingerprint density at radius 3 is 2.28 bits per heavy atom. The molecule has 6 rings (SSSR count). The lowest BCUT2D eigenvalue weighted by Crippen LogP contribution is -2.16. The molecule has 1 heterocycles. The molecule has 0 saturated carbocycles. The zero-order valence-electron chi connectivity index (χ0n) is 16.4. The van der Waals surface area contributed by atoms with E-state index in [0.717, 1.165) is 16.2 Å². The summed E-state index contributed by atoms with van der Waals surface area (Å²) in [6.07, 6.45) is 0. The van der Waals surface area contributed by atoms with E-state index in [0.29, 0.717) is 0 Å². The number of nitrogens with zero attached hydrogens (tertiary/aromatic N) is 1. The standard InChI is InChI=1S/C27H20ClN/c1-27(2)23-11-7-6-10-19(23)21-14-15-22-20-13-12-17(28)16-24(20)29(26(22)25(21)27)18-8-4-3-5-9-18/h3-16H,1-2H3. The van der Waals surface area contributed by atoms with E-state index in [2.05, 4.69) is 97.3 Å². The molecule has 0 saturated heterocycles. The summed E-state index contributed by atoms with van der Waals surface area (Å²) in [4.78, 5) is 0. The van der Waals surface area contributed by atoms with Crippen LogP contribution < -0.4 is 0 Å². The third-order valence-corrected chi connectivity index (χ3v) is 6.66. The van der Waals surface area contributed by atoms with Crippen molar-refractivity contribution < 1.29 is 0 Å². The maximum atomic E-state index is 6.44. The average Bonchev–Trinajstić information content (AvgIpc) is 3.18. The van der Waals surface area contributed by atoms with Crippen molar-refractivity contribution in [3.05, 3.63) is 101 Å². The molecule has 0 radical (unpaired) electrons. The Balaban J connectivity index is 1.87. The highest BCUT2D eigenvalue weighted by atomic mass is 35.5. The molecule has 1 aliphatic carbocycles. The molecule has 0 amide bonds. The third kappa shape index (κ3) is 2.17. The minimum Gasteiger partial charge on any atom is -0.309 e. The number of halogens is 1.